The molecule has 0 bridgehead atoms. The lowest BCUT2D eigenvalue weighted by molar-refractivity contribution is -0.129. The zero-order valence-electron chi connectivity index (χ0n) is 12.3. The third kappa shape index (κ3) is 5.82. The standard InChI is InChI=1S/C15H23N3O2/c1-11(2)14(18-12(3)19)15(20)17-9-5-7-13-6-4-8-16-10-13/h4,6,8,10-11,14H,5,7,9H2,1-3H3,(H,17,20)(H,18,19)/t14-/m0/s1. The van der Waals surface area contributed by atoms with Crippen molar-refractivity contribution in [3.05, 3.63) is 30.1 Å². The number of aryl methyl sites for hydroxylation is 1. The number of nitrogens with one attached hydrogen (secondary N) is 2. The van der Waals surface area contributed by atoms with Gasteiger partial charge in [0.05, 0.1) is 0 Å². The number of nitrogens with zero attached hydrogens (tertiary/aromatic N) is 1. The Balaban J connectivity index is 2.32. The van der Waals surface area contributed by atoms with Gasteiger partial charge in [0.1, 0.15) is 6.04 Å². The van der Waals surface area contributed by atoms with Crippen LogP contribution in [0.4, 0.5) is 0 Å². The fourth-order valence-corrected chi connectivity index (χ4v) is 1.91. The summed E-state index contributed by atoms with van der Waals surface area (Å²) in [5.41, 5.74) is 1.16. The van der Waals surface area contributed by atoms with Crippen LogP contribution in [0.2, 0.25) is 0 Å². The third-order valence-electron chi connectivity index (χ3n) is 2.97. The van der Waals surface area contributed by atoms with Gasteiger partial charge in [-0.25, -0.2) is 0 Å². The number of rotatable bonds is 7. The number of carbonyl (C=O) groups excluding carboxylic acids is 2. The first-order chi connectivity index (χ1) is 9.50. The minimum atomic E-state index is -0.467. The number of carbonyl (C=O) groups is 2. The van der Waals surface area contributed by atoms with Crippen LogP contribution < -0.4 is 10.6 Å². The zero-order valence-corrected chi connectivity index (χ0v) is 12.3. The van der Waals surface area contributed by atoms with E-state index in [4.69, 9.17) is 0 Å². The summed E-state index contributed by atoms with van der Waals surface area (Å²) >= 11 is 0. The molecule has 5 nitrogen and oxygen atoms in total. The molecule has 0 aliphatic heterocycles. The summed E-state index contributed by atoms with van der Waals surface area (Å²) in [7, 11) is 0. The summed E-state index contributed by atoms with van der Waals surface area (Å²) in [6.45, 7) is 5.84. The van der Waals surface area contributed by atoms with Gasteiger partial charge in [-0.1, -0.05) is 19.9 Å². The van der Waals surface area contributed by atoms with Crippen molar-refractivity contribution >= 4 is 11.8 Å². The van der Waals surface area contributed by atoms with Crippen LogP contribution in [0.25, 0.3) is 0 Å². The summed E-state index contributed by atoms with van der Waals surface area (Å²) in [6, 6.07) is 3.45. The van der Waals surface area contributed by atoms with E-state index in [-0.39, 0.29) is 17.7 Å². The molecule has 0 aromatic carbocycles. The van der Waals surface area contributed by atoms with Crippen molar-refractivity contribution in [1.82, 2.24) is 15.6 Å². The minimum absolute atomic E-state index is 0.0669. The number of hydrogen-bond acceptors (Lipinski definition) is 3. The lowest BCUT2D eigenvalue weighted by atomic mass is 10.0. The lowest BCUT2D eigenvalue weighted by Gasteiger charge is -2.20. The molecule has 0 fully saturated rings. The van der Waals surface area contributed by atoms with Gasteiger partial charge in [-0.05, 0) is 30.4 Å². The molecule has 0 radical (unpaired) electrons. The maximum Gasteiger partial charge on any atom is 0.242 e. The maximum atomic E-state index is 12.0. The van der Waals surface area contributed by atoms with Crippen molar-refractivity contribution in [2.75, 3.05) is 6.54 Å². The highest BCUT2D eigenvalue weighted by Crippen LogP contribution is 2.03. The molecule has 20 heavy (non-hydrogen) atoms. The van der Waals surface area contributed by atoms with Crippen molar-refractivity contribution in [2.24, 2.45) is 5.92 Å². The van der Waals surface area contributed by atoms with Crippen molar-refractivity contribution in [3.8, 4) is 0 Å². The molecule has 5 heteroatoms. The molecule has 1 rings (SSSR count). The van der Waals surface area contributed by atoms with Crippen LogP contribution in [0.1, 0.15) is 32.8 Å². The molecule has 0 saturated carbocycles. The van der Waals surface area contributed by atoms with Gasteiger partial charge in [0.2, 0.25) is 11.8 Å². The average molecular weight is 277 g/mol. The average Bonchev–Trinajstić information content (AvgIpc) is 2.41. The van der Waals surface area contributed by atoms with Crippen molar-refractivity contribution in [1.29, 1.82) is 0 Å². The van der Waals surface area contributed by atoms with Crippen LogP contribution in [0, 0.1) is 5.92 Å². The van der Waals surface area contributed by atoms with E-state index < -0.39 is 6.04 Å². The molecule has 110 valence electrons. The topological polar surface area (TPSA) is 71.1 Å². The second-order valence-corrected chi connectivity index (χ2v) is 5.18. The van der Waals surface area contributed by atoms with Gasteiger partial charge < -0.3 is 10.6 Å². The van der Waals surface area contributed by atoms with Crippen molar-refractivity contribution < 1.29 is 9.59 Å². The quantitative estimate of drug-likeness (QED) is 0.738. The predicted molar refractivity (Wildman–Crippen MR) is 78.0 cm³/mol. The Labute approximate surface area is 120 Å². The number of amides is 2. The van der Waals surface area contributed by atoms with E-state index in [1.165, 1.54) is 6.92 Å². The van der Waals surface area contributed by atoms with Gasteiger partial charge in [0, 0.05) is 25.9 Å². The fourth-order valence-electron chi connectivity index (χ4n) is 1.91. The summed E-state index contributed by atoms with van der Waals surface area (Å²) in [5.74, 6) is -0.243. The zero-order chi connectivity index (χ0) is 15.0. The molecule has 1 atom stereocenters. The van der Waals surface area contributed by atoms with Crippen LogP contribution in [-0.2, 0) is 16.0 Å². The van der Waals surface area contributed by atoms with Gasteiger partial charge in [0.25, 0.3) is 0 Å². The Morgan fingerprint density at radius 3 is 2.65 bits per heavy atom. The van der Waals surface area contributed by atoms with Gasteiger partial charge >= 0.3 is 0 Å². The van der Waals surface area contributed by atoms with E-state index in [0.29, 0.717) is 6.54 Å². The van der Waals surface area contributed by atoms with Crippen molar-refractivity contribution in [3.63, 3.8) is 0 Å². The van der Waals surface area contributed by atoms with Crippen LogP contribution in [0.5, 0.6) is 0 Å². The first-order valence-corrected chi connectivity index (χ1v) is 6.94. The number of hydrogen-bond donors (Lipinski definition) is 2. The van der Waals surface area contributed by atoms with Gasteiger partial charge in [-0.2, -0.15) is 0 Å². The molecule has 0 spiro atoms. The van der Waals surface area contributed by atoms with Gasteiger partial charge in [-0.15, -0.1) is 0 Å². The summed E-state index contributed by atoms with van der Waals surface area (Å²) in [4.78, 5) is 27.1. The first kappa shape index (κ1) is 16.1. The molecule has 1 heterocycles. The van der Waals surface area contributed by atoms with E-state index in [2.05, 4.69) is 15.6 Å². The Hall–Kier alpha value is -1.91. The summed E-state index contributed by atoms with van der Waals surface area (Å²) < 4.78 is 0. The normalized spacial score (nSPS) is 12.0. The second-order valence-electron chi connectivity index (χ2n) is 5.18. The largest absolute Gasteiger partial charge is 0.354 e. The van der Waals surface area contributed by atoms with E-state index in [9.17, 15) is 9.59 Å². The maximum absolute atomic E-state index is 12.0. The minimum Gasteiger partial charge on any atom is -0.354 e. The van der Waals surface area contributed by atoms with E-state index in [1.54, 1.807) is 6.20 Å². The molecule has 2 N–H and O–H groups in total. The summed E-state index contributed by atoms with van der Waals surface area (Å²) in [5, 5.41) is 5.54. The lowest BCUT2D eigenvalue weighted by Crippen LogP contribution is -2.49. The molecule has 1 aromatic heterocycles. The molecule has 0 saturated heterocycles. The van der Waals surface area contributed by atoms with Crippen molar-refractivity contribution in [2.45, 2.75) is 39.7 Å². The molecule has 0 aliphatic rings. The Morgan fingerprint density at radius 2 is 2.10 bits per heavy atom. The van der Waals surface area contributed by atoms with E-state index >= 15 is 0 Å². The van der Waals surface area contributed by atoms with Crippen LogP contribution >= 0.6 is 0 Å². The van der Waals surface area contributed by atoms with Crippen LogP contribution in [0.15, 0.2) is 24.5 Å². The molecule has 2 amide bonds. The number of aromatic nitrogens is 1. The van der Waals surface area contributed by atoms with Gasteiger partial charge in [0.15, 0.2) is 0 Å². The van der Waals surface area contributed by atoms with E-state index in [1.807, 2.05) is 32.2 Å². The number of pyridine rings is 1. The highest BCUT2D eigenvalue weighted by atomic mass is 16.2. The fraction of sp³-hybridized carbons (Fsp3) is 0.533. The Morgan fingerprint density at radius 1 is 1.35 bits per heavy atom. The SMILES string of the molecule is CC(=O)N[C@H](C(=O)NCCCc1cccnc1)C(C)C. The van der Waals surface area contributed by atoms with Crippen LogP contribution in [-0.4, -0.2) is 29.4 Å². The first-order valence-electron chi connectivity index (χ1n) is 6.94. The molecule has 0 unspecified atom stereocenters. The highest BCUT2D eigenvalue weighted by Gasteiger charge is 2.22. The molecular weight excluding hydrogens is 254 g/mol. The van der Waals surface area contributed by atoms with Crippen LogP contribution in [0.3, 0.4) is 0 Å². The van der Waals surface area contributed by atoms with E-state index in [0.717, 1.165) is 18.4 Å². The molecule has 1 aromatic rings. The second kappa shape index (κ2) is 8.30. The Kier molecular flexibility index (Phi) is 6.70. The monoisotopic (exact) mass is 277 g/mol. The Bertz CT molecular complexity index is 432. The highest BCUT2D eigenvalue weighted by molar-refractivity contribution is 5.86. The third-order valence-corrected chi connectivity index (χ3v) is 2.97. The smallest absolute Gasteiger partial charge is 0.242 e. The molecular formula is C15H23N3O2. The van der Waals surface area contributed by atoms with Gasteiger partial charge in [-0.3, -0.25) is 14.6 Å². The molecule has 0 aliphatic carbocycles. The predicted octanol–water partition coefficient (Wildman–Crippen LogP) is 1.29. The summed E-state index contributed by atoms with van der Waals surface area (Å²) in [6.07, 6.45) is 5.30.